The van der Waals surface area contributed by atoms with Crippen LogP contribution in [0.25, 0.3) is 10.4 Å². The normalized spacial score (nSPS) is 18.2. The highest BCUT2D eigenvalue weighted by Gasteiger charge is 2.32. The van der Waals surface area contributed by atoms with E-state index in [2.05, 4.69) is 11.0 Å². The number of fused-ring (bicyclic) bond motifs is 1. The standard InChI is InChI=1S/C23H21ClN2O3S/c1-29-20-11-17(6-7-19(20)25-9-8-18(27)13-25)26-12-15-10-21(30-22(15)23(26)28)14-2-4-16(24)5-3-14/h2-7,10-11,18,27H,8-9,12-13H2,1H3/t18-/m1/s1. The second kappa shape index (κ2) is 7.61. The molecule has 2 aliphatic heterocycles. The van der Waals surface area contributed by atoms with Crippen molar-refractivity contribution in [3.05, 3.63) is 64.0 Å². The zero-order chi connectivity index (χ0) is 20.8. The number of rotatable bonds is 4. The monoisotopic (exact) mass is 440 g/mol. The maximum atomic E-state index is 13.1. The summed E-state index contributed by atoms with van der Waals surface area (Å²) in [4.78, 5) is 18.9. The van der Waals surface area contributed by atoms with Crippen molar-refractivity contribution in [2.45, 2.75) is 19.1 Å². The number of aliphatic hydroxyl groups excluding tert-OH is 1. The van der Waals surface area contributed by atoms with Crippen molar-refractivity contribution in [3.8, 4) is 16.2 Å². The fraction of sp³-hybridized carbons (Fsp3) is 0.261. The van der Waals surface area contributed by atoms with Gasteiger partial charge >= 0.3 is 0 Å². The number of halogens is 1. The van der Waals surface area contributed by atoms with Crippen molar-refractivity contribution in [1.82, 2.24) is 0 Å². The van der Waals surface area contributed by atoms with E-state index < -0.39 is 0 Å². The molecule has 0 spiro atoms. The molecular formula is C23H21ClN2O3S. The Labute approximate surface area is 184 Å². The second-order valence-corrected chi connectivity index (χ2v) is 9.10. The van der Waals surface area contributed by atoms with Crippen LogP contribution in [0.2, 0.25) is 5.02 Å². The molecule has 1 amide bonds. The number of benzene rings is 2. The van der Waals surface area contributed by atoms with Gasteiger partial charge in [0.1, 0.15) is 5.75 Å². The summed E-state index contributed by atoms with van der Waals surface area (Å²) in [6.45, 7) is 1.94. The van der Waals surface area contributed by atoms with Crippen LogP contribution in [0, 0.1) is 0 Å². The van der Waals surface area contributed by atoms with Gasteiger partial charge in [-0.1, -0.05) is 23.7 Å². The number of anilines is 2. The lowest BCUT2D eigenvalue weighted by Crippen LogP contribution is -2.24. The molecular weight excluding hydrogens is 420 g/mol. The van der Waals surface area contributed by atoms with Crippen LogP contribution in [0.4, 0.5) is 11.4 Å². The van der Waals surface area contributed by atoms with Gasteiger partial charge in [0.2, 0.25) is 0 Å². The lowest BCUT2D eigenvalue weighted by molar-refractivity contribution is 0.1000. The van der Waals surface area contributed by atoms with Crippen LogP contribution >= 0.6 is 22.9 Å². The molecule has 30 heavy (non-hydrogen) atoms. The molecule has 2 aromatic carbocycles. The number of carbonyl (C=O) groups excluding carboxylic acids is 1. The molecule has 1 atom stereocenters. The Kier molecular flexibility index (Phi) is 4.93. The minimum atomic E-state index is -0.305. The first kappa shape index (κ1) is 19.4. The molecule has 1 N–H and O–H groups in total. The molecule has 5 rings (SSSR count). The van der Waals surface area contributed by atoms with Crippen molar-refractivity contribution in [3.63, 3.8) is 0 Å². The van der Waals surface area contributed by atoms with Gasteiger partial charge in [0, 0.05) is 34.7 Å². The van der Waals surface area contributed by atoms with Crippen LogP contribution in [0.5, 0.6) is 5.75 Å². The van der Waals surface area contributed by atoms with Gasteiger partial charge in [0.25, 0.3) is 5.91 Å². The Morgan fingerprint density at radius 3 is 2.63 bits per heavy atom. The number of β-amino-alcohol motifs (C(OH)–C–C–N with tert-alkyl or cyclic N) is 1. The summed E-state index contributed by atoms with van der Waals surface area (Å²) in [5, 5.41) is 10.5. The van der Waals surface area contributed by atoms with Crippen LogP contribution < -0.4 is 14.5 Å². The Balaban J connectivity index is 1.40. The van der Waals surface area contributed by atoms with E-state index in [1.165, 1.54) is 11.3 Å². The first-order valence-corrected chi connectivity index (χ1v) is 11.0. The van der Waals surface area contributed by atoms with E-state index in [1.807, 2.05) is 42.5 Å². The lowest BCUT2D eigenvalue weighted by Gasteiger charge is -2.23. The maximum absolute atomic E-state index is 13.1. The highest BCUT2D eigenvalue weighted by atomic mass is 35.5. The zero-order valence-corrected chi connectivity index (χ0v) is 18.0. The SMILES string of the molecule is COc1cc(N2Cc3cc(-c4ccc(Cl)cc4)sc3C2=O)ccc1N1CC[C@@H](O)C1. The number of ether oxygens (including phenoxy) is 1. The third kappa shape index (κ3) is 3.35. The quantitative estimate of drug-likeness (QED) is 0.632. The number of hydrogen-bond donors (Lipinski definition) is 1. The number of hydrogen-bond acceptors (Lipinski definition) is 5. The number of amides is 1. The molecule has 154 valence electrons. The summed E-state index contributed by atoms with van der Waals surface area (Å²) in [6, 6.07) is 15.6. The summed E-state index contributed by atoms with van der Waals surface area (Å²) >= 11 is 7.51. The third-order valence-corrected chi connectivity index (χ3v) is 7.15. The molecule has 0 unspecified atom stereocenters. The van der Waals surface area contributed by atoms with E-state index in [-0.39, 0.29) is 12.0 Å². The molecule has 0 radical (unpaired) electrons. The predicted molar refractivity (Wildman–Crippen MR) is 121 cm³/mol. The summed E-state index contributed by atoms with van der Waals surface area (Å²) in [6.07, 6.45) is 0.450. The van der Waals surface area contributed by atoms with Crippen molar-refractivity contribution < 1.29 is 14.6 Å². The lowest BCUT2D eigenvalue weighted by atomic mass is 10.1. The fourth-order valence-corrected chi connectivity index (χ4v) is 5.37. The van der Waals surface area contributed by atoms with E-state index in [9.17, 15) is 9.90 Å². The number of nitrogens with zero attached hydrogens (tertiary/aromatic N) is 2. The number of carbonyl (C=O) groups is 1. The van der Waals surface area contributed by atoms with E-state index in [0.717, 1.165) is 45.2 Å². The van der Waals surface area contributed by atoms with Crippen LogP contribution in [-0.4, -0.2) is 37.3 Å². The highest BCUT2D eigenvalue weighted by molar-refractivity contribution is 7.17. The molecule has 1 aromatic heterocycles. The van der Waals surface area contributed by atoms with Gasteiger partial charge in [0.05, 0.1) is 30.3 Å². The summed E-state index contributed by atoms with van der Waals surface area (Å²) in [7, 11) is 1.64. The molecule has 5 nitrogen and oxygen atoms in total. The van der Waals surface area contributed by atoms with Crippen molar-refractivity contribution in [2.24, 2.45) is 0 Å². The maximum Gasteiger partial charge on any atom is 0.269 e. The first-order chi connectivity index (χ1) is 14.5. The van der Waals surface area contributed by atoms with Gasteiger partial charge in [-0.25, -0.2) is 0 Å². The smallest absolute Gasteiger partial charge is 0.269 e. The molecule has 7 heteroatoms. The number of thiophene rings is 1. The third-order valence-electron chi connectivity index (χ3n) is 5.68. The van der Waals surface area contributed by atoms with Gasteiger partial charge in [-0.2, -0.15) is 0 Å². The fourth-order valence-electron chi connectivity index (χ4n) is 4.11. The zero-order valence-electron chi connectivity index (χ0n) is 16.5. The summed E-state index contributed by atoms with van der Waals surface area (Å²) < 4.78 is 5.60. The van der Waals surface area contributed by atoms with E-state index >= 15 is 0 Å². The average Bonchev–Trinajstić information content (AvgIpc) is 3.44. The molecule has 0 bridgehead atoms. The first-order valence-electron chi connectivity index (χ1n) is 9.85. The highest BCUT2D eigenvalue weighted by Crippen LogP contribution is 2.41. The van der Waals surface area contributed by atoms with Crippen molar-refractivity contribution in [2.75, 3.05) is 30.0 Å². The molecule has 3 heterocycles. The average molecular weight is 441 g/mol. The van der Waals surface area contributed by atoms with E-state index in [4.69, 9.17) is 16.3 Å². The molecule has 2 aliphatic rings. The van der Waals surface area contributed by atoms with Crippen molar-refractivity contribution >= 4 is 40.2 Å². The summed E-state index contributed by atoms with van der Waals surface area (Å²) in [5.41, 5.74) is 3.87. The minimum Gasteiger partial charge on any atom is -0.495 e. The predicted octanol–water partition coefficient (Wildman–Crippen LogP) is 4.81. The second-order valence-electron chi connectivity index (χ2n) is 7.61. The van der Waals surface area contributed by atoms with Crippen LogP contribution in [0.1, 0.15) is 21.7 Å². The molecule has 3 aromatic rings. The number of methoxy groups -OCH3 is 1. The van der Waals surface area contributed by atoms with Gasteiger partial charge in [-0.05, 0) is 47.9 Å². The van der Waals surface area contributed by atoms with Gasteiger partial charge < -0.3 is 19.6 Å². The largest absolute Gasteiger partial charge is 0.495 e. The molecule has 0 aliphatic carbocycles. The Hall–Kier alpha value is -2.54. The Morgan fingerprint density at radius 2 is 1.97 bits per heavy atom. The van der Waals surface area contributed by atoms with Gasteiger partial charge in [0.15, 0.2) is 0 Å². The Bertz CT molecular complexity index is 1110. The topological polar surface area (TPSA) is 53.0 Å². The van der Waals surface area contributed by atoms with E-state index in [0.29, 0.717) is 23.9 Å². The van der Waals surface area contributed by atoms with Gasteiger partial charge in [-0.3, -0.25) is 4.79 Å². The van der Waals surface area contributed by atoms with Crippen LogP contribution in [0.15, 0.2) is 48.5 Å². The van der Waals surface area contributed by atoms with Crippen LogP contribution in [0.3, 0.4) is 0 Å². The molecule has 1 saturated heterocycles. The minimum absolute atomic E-state index is 0.0154. The van der Waals surface area contributed by atoms with Crippen LogP contribution in [-0.2, 0) is 6.54 Å². The van der Waals surface area contributed by atoms with Crippen molar-refractivity contribution in [1.29, 1.82) is 0 Å². The number of aliphatic hydroxyl groups is 1. The van der Waals surface area contributed by atoms with Gasteiger partial charge in [-0.15, -0.1) is 11.3 Å². The molecule has 1 fully saturated rings. The van der Waals surface area contributed by atoms with E-state index in [1.54, 1.807) is 12.0 Å². The summed E-state index contributed by atoms with van der Waals surface area (Å²) in [5.74, 6) is 0.730. The Morgan fingerprint density at radius 1 is 1.17 bits per heavy atom. The molecule has 0 saturated carbocycles.